The van der Waals surface area contributed by atoms with Gasteiger partial charge in [0.25, 0.3) is 5.56 Å². The Morgan fingerprint density at radius 3 is 2.00 bits per heavy atom. The van der Waals surface area contributed by atoms with E-state index in [0.29, 0.717) is 22.8 Å². The summed E-state index contributed by atoms with van der Waals surface area (Å²) < 4.78 is 53.3. The number of benzene rings is 3. The van der Waals surface area contributed by atoms with Crippen LogP contribution >= 0.6 is 0 Å². The SMILES string of the molecule is COc1ccc(Oc2ccc(-c3cc(C(F)(F)F)c(N)c(=O)n3Cc3ccc(C)cc3C)cc2)cc1. The number of methoxy groups -OCH3 is 1. The van der Waals surface area contributed by atoms with E-state index in [9.17, 15) is 18.0 Å². The molecule has 0 spiro atoms. The number of nitrogen functional groups attached to an aromatic ring is 1. The van der Waals surface area contributed by atoms with Crippen molar-refractivity contribution >= 4 is 5.69 Å². The lowest BCUT2D eigenvalue weighted by molar-refractivity contribution is -0.137. The Morgan fingerprint density at radius 1 is 0.861 bits per heavy atom. The minimum Gasteiger partial charge on any atom is -0.497 e. The summed E-state index contributed by atoms with van der Waals surface area (Å²) in [6, 6.07) is 20.1. The summed E-state index contributed by atoms with van der Waals surface area (Å²) in [7, 11) is 1.57. The van der Waals surface area contributed by atoms with Crippen LogP contribution < -0.4 is 20.8 Å². The summed E-state index contributed by atoms with van der Waals surface area (Å²) in [5.41, 5.74) is 6.12. The van der Waals surface area contributed by atoms with Gasteiger partial charge in [0, 0.05) is 0 Å². The first kappa shape index (κ1) is 24.9. The van der Waals surface area contributed by atoms with Crippen molar-refractivity contribution in [2.75, 3.05) is 12.8 Å². The molecule has 0 aliphatic carbocycles. The number of aryl methyl sites for hydroxylation is 2. The molecule has 186 valence electrons. The van der Waals surface area contributed by atoms with E-state index in [4.69, 9.17) is 15.2 Å². The zero-order valence-electron chi connectivity index (χ0n) is 20.0. The molecule has 0 fully saturated rings. The van der Waals surface area contributed by atoms with Crippen LogP contribution in [0.15, 0.2) is 77.6 Å². The molecule has 1 aromatic heterocycles. The second-order valence-electron chi connectivity index (χ2n) is 8.48. The van der Waals surface area contributed by atoms with Gasteiger partial charge in [-0.25, -0.2) is 0 Å². The highest BCUT2D eigenvalue weighted by Crippen LogP contribution is 2.35. The fourth-order valence-electron chi connectivity index (χ4n) is 3.96. The zero-order chi connectivity index (χ0) is 26.0. The molecule has 0 aliphatic heterocycles. The van der Waals surface area contributed by atoms with Crippen LogP contribution in [0, 0.1) is 13.8 Å². The lowest BCUT2D eigenvalue weighted by atomic mass is 10.0. The number of hydrogen-bond donors (Lipinski definition) is 1. The van der Waals surface area contributed by atoms with Crippen molar-refractivity contribution in [3.8, 4) is 28.5 Å². The summed E-state index contributed by atoms with van der Waals surface area (Å²) in [4.78, 5) is 13.1. The fraction of sp³-hybridized carbons (Fsp3) is 0.179. The van der Waals surface area contributed by atoms with E-state index >= 15 is 0 Å². The van der Waals surface area contributed by atoms with Gasteiger partial charge in [0.15, 0.2) is 0 Å². The lowest BCUT2D eigenvalue weighted by Crippen LogP contribution is -2.29. The van der Waals surface area contributed by atoms with E-state index < -0.39 is 23.0 Å². The number of aromatic nitrogens is 1. The number of rotatable bonds is 6. The van der Waals surface area contributed by atoms with Gasteiger partial charge in [-0.05, 0) is 85.1 Å². The first-order valence-corrected chi connectivity index (χ1v) is 11.2. The minimum atomic E-state index is -4.77. The van der Waals surface area contributed by atoms with Crippen LogP contribution in [0.5, 0.6) is 17.2 Å². The maximum absolute atomic E-state index is 13.7. The van der Waals surface area contributed by atoms with E-state index in [2.05, 4.69) is 0 Å². The molecule has 3 aromatic carbocycles. The van der Waals surface area contributed by atoms with Crippen molar-refractivity contribution in [3.63, 3.8) is 0 Å². The topological polar surface area (TPSA) is 66.5 Å². The first-order chi connectivity index (χ1) is 17.1. The molecule has 0 radical (unpaired) electrons. The number of alkyl halides is 3. The third kappa shape index (κ3) is 5.22. The molecule has 0 atom stereocenters. The number of ether oxygens (including phenoxy) is 2. The molecule has 8 heteroatoms. The molecule has 2 N–H and O–H groups in total. The normalized spacial score (nSPS) is 11.4. The van der Waals surface area contributed by atoms with Gasteiger partial charge >= 0.3 is 6.18 Å². The summed E-state index contributed by atoms with van der Waals surface area (Å²) in [6.07, 6.45) is -4.77. The maximum atomic E-state index is 13.7. The van der Waals surface area contributed by atoms with Crippen LogP contribution in [0.25, 0.3) is 11.3 Å². The smallest absolute Gasteiger partial charge is 0.418 e. The Morgan fingerprint density at radius 2 is 1.44 bits per heavy atom. The van der Waals surface area contributed by atoms with E-state index in [1.807, 2.05) is 32.0 Å². The largest absolute Gasteiger partial charge is 0.497 e. The average Bonchev–Trinajstić information content (AvgIpc) is 2.84. The second kappa shape index (κ2) is 9.81. The molecular weight excluding hydrogens is 469 g/mol. The Hall–Kier alpha value is -4.20. The molecule has 4 aromatic rings. The highest BCUT2D eigenvalue weighted by Gasteiger charge is 2.35. The number of halogens is 3. The van der Waals surface area contributed by atoms with Crippen LogP contribution in [0.2, 0.25) is 0 Å². The van der Waals surface area contributed by atoms with Crippen molar-refractivity contribution in [1.82, 2.24) is 4.57 Å². The number of nitrogens with zero attached hydrogens (tertiary/aromatic N) is 1. The van der Waals surface area contributed by atoms with Crippen LogP contribution in [0.3, 0.4) is 0 Å². The molecule has 4 rings (SSSR count). The van der Waals surface area contributed by atoms with E-state index in [1.54, 1.807) is 55.6 Å². The molecule has 1 heterocycles. The molecular formula is C28H25F3N2O3. The maximum Gasteiger partial charge on any atom is 0.418 e. The summed E-state index contributed by atoms with van der Waals surface area (Å²) in [6.45, 7) is 3.92. The van der Waals surface area contributed by atoms with Crippen LogP contribution in [0.1, 0.15) is 22.3 Å². The van der Waals surface area contributed by atoms with E-state index in [0.717, 1.165) is 22.8 Å². The molecule has 0 saturated carbocycles. The molecule has 0 amide bonds. The summed E-state index contributed by atoms with van der Waals surface area (Å²) >= 11 is 0. The molecule has 0 aliphatic rings. The number of anilines is 1. The molecule has 5 nitrogen and oxygen atoms in total. The van der Waals surface area contributed by atoms with Gasteiger partial charge < -0.3 is 19.8 Å². The monoisotopic (exact) mass is 494 g/mol. The number of pyridine rings is 1. The Labute approximate surface area is 206 Å². The first-order valence-electron chi connectivity index (χ1n) is 11.2. The average molecular weight is 495 g/mol. The third-order valence-electron chi connectivity index (χ3n) is 5.91. The molecule has 0 bridgehead atoms. The van der Waals surface area contributed by atoms with Crippen LogP contribution in [0.4, 0.5) is 18.9 Å². The predicted octanol–water partition coefficient (Wildman–Crippen LogP) is 6.58. The zero-order valence-corrected chi connectivity index (χ0v) is 20.0. The van der Waals surface area contributed by atoms with Gasteiger partial charge in [0.1, 0.15) is 22.9 Å². The van der Waals surface area contributed by atoms with E-state index in [-0.39, 0.29) is 12.2 Å². The van der Waals surface area contributed by atoms with Gasteiger partial charge in [-0.15, -0.1) is 0 Å². The Kier molecular flexibility index (Phi) is 6.79. The van der Waals surface area contributed by atoms with E-state index in [1.165, 1.54) is 4.57 Å². The van der Waals surface area contributed by atoms with Gasteiger partial charge in [0.2, 0.25) is 0 Å². The second-order valence-corrected chi connectivity index (χ2v) is 8.48. The summed E-state index contributed by atoms with van der Waals surface area (Å²) in [5, 5.41) is 0. The lowest BCUT2D eigenvalue weighted by Gasteiger charge is -2.19. The summed E-state index contributed by atoms with van der Waals surface area (Å²) in [5.74, 6) is 1.74. The quantitative estimate of drug-likeness (QED) is 0.329. The standard InChI is InChI=1S/C28H25F3N2O3/c1-17-4-5-20(18(2)14-17)16-33-25(15-24(28(29,30)31)26(32)27(33)34)19-6-8-22(9-7-19)36-23-12-10-21(35-3)11-13-23/h4-15H,16,32H2,1-3H3. The van der Waals surface area contributed by atoms with Crippen molar-refractivity contribution in [1.29, 1.82) is 0 Å². The Bertz CT molecular complexity index is 1440. The minimum absolute atomic E-state index is 0.0761. The highest BCUT2D eigenvalue weighted by molar-refractivity contribution is 5.65. The Balaban J connectivity index is 1.76. The van der Waals surface area contributed by atoms with Gasteiger partial charge in [-0.1, -0.05) is 23.8 Å². The van der Waals surface area contributed by atoms with Crippen molar-refractivity contribution in [2.45, 2.75) is 26.6 Å². The fourth-order valence-corrected chi connectivity index (χ4v) is 3.96. The van der Waals surface area contributed by atoms with Crippen molar-refractivity contribution < 1.29 is 22.6 Å². The molecule has 0 unspecified atom stereocenters. The van der Waals surface area contributed by atoms with Crippen molar-refractivity contribution in [2.24, 2.45) is 0 Å². The number of hydrogen-bond acceptors (Lipinski definition) is 4. The predicted molar refractivity (Wildman–Crippen MR) is 134 cm³/mol. The highest BCUT2D eigenvalue weighted by atomic mass is 19.4. The number of nitrogens with two attached hydrogens (primary N) is 1. The molecule has 36 heavy (non-hydrogen) atoms. The third-order valence-corrected chi connectivity index (χ3v) is 5.91. The van der Waals surface area contributed by atoms with Crippen LogP contribution in [-0.2, 0) is 12.7 Å². The van der Waals surface area contributed by atoms with Crippen LogP contribution in [-0.4, -0.2) is 11.7 Å². The van der Waals surface area contributed by atoms with Gasteiger partial charge in [0.05, 0.1) is 24.9 Å². The van der Waals surface area contributed by atoms with Gasteiger partial charge in [-0.2, -0.15) is 13.2 Å². The van der Waals surface area contributed by atoms with Crippen molar-refractivity contribution in [3.05, 3.63) is 105 Å². The molecule has 0 saturated heterocycles. The van der Waals surface area contributed by atoms with Gasteiger partial charge in [-0.3, -0.25) is 4.79 Å².